The van der Waals surface area contributed by atoms with E-state index in [0.717, 1.165) is 18.6 Å². The molecule has 0 saturated heterocycles. The Kier molecular flexibility index (Phi) is 6.07. The molecule has 0 bridgehead atoms. The van der Waals surface area contributed by atoms with E-state index in [0.29, 0.717) is 30.4 Å². The number of benzene rings is 1. The molecule has 1 aliphatic rings. The van der Waals surface area contributed by atoms with Gasteiger partial charge in [0.05, 0.1) is 19.4 Å². The third kappa shape index (κ3) is 4.73. The molecule has 6 heteroatoms. The van der Waals surface area contributed by atoms with Crippen LogP contribution < -0.4 is 10.6 Å². The first-order chi connectivity index (χ1) is 12.7. The van der Waals surface area contributed by atoms with Gasteiger partial charge in [-0.2, -0.15) is 0 Å². The van der Waals surface area contributed by atoms with Crippen molar-refractivity contribution < 1.29 is 14.0 Å². The standard InChI is InChI=1S/C20H25N3O3/c1-21-20(25)15-8-10-16(11-9-15)22-19(24)14-23(17-5-2-3-6-17)13-18-7-4-12-26-18/h4,7-12,17H,2-3,5-6,13-14H2,1H3,(H,21,25)(H,22,24). The fourth-order valence-electron chi connectivity index (χ4n) is 3.42. The van der Waals surface area contributed by atoms with Crippen LogP contribution in [-0.4, -0.2) is 36.3 Å². The molecule has 2 amide bonds. The highest BCUT2D eigenvalue weighted by molar-refractivity contribution is 5.96. The Hall–Kier alpha value is -2.60. The maximum absolute atomic E-state index is 12.5. The van der Waals surface area contributed by atoms with Gasteiger partial charge in [0.15, 0.2) is 0 Å². The molecular weight excluding hydrogens is 330 g/mol. The van der Waals surface area contributed by atoms with Crippen molar-refractivity contribution in [1.29, 1.82) is 0 Å². The van der Waals surface area contributed by atoms with E-state index >= 15 is 0 Å². The SMILES string of the molecule is CNC(=O)c1ccc(NC(=O)CN(Cc2ccco2)C2CCCC2)cc1. The molecule has 1 heterocycles. The monoisotopic (exact) mass is 355 g/mol. The van der Waals surface area contributed by atoms with Gasteiger partial charge in [0.1, 0.15) is 5.76 Å². The van der Waals surface area contributed by atoms with Gasteiger partial charge in [-0.1, -0.05) is 12.8 Å². The maximum Gasteiger partial charge on any atom is 0.251 e. The van der Waals surface area contributed by atoms with Gasteiger partial charge in [0.25, 0.3) is 5.91 Å². The summed E-state index contributed by atoms with van der Waals surface area (Å²) in [4.78, 5) is 26.3. The highest BCUT2D eigenvalue weighted by atomic mass is 16.3. The molecule has 138 valence electrons. The molecule has 0 spiro atoms. The van der Waals surface area contributed by atoms with Crippen LogP contribution in [0.25, 0.3) is 0 Å². The van der Waals surface area contributed by atoms with Crippen LogP contribution in [0.4, 0.5) is 5.69 Å². The molecule has 0 unspecified atom stereocenters. The Bertz CT molecular complexity index is 719. The van der Waals surface area contributed by atoms with Crippen LogP contribution >= 0.6 is 0 Å². The lowest BCUT2D eigenvalue weighted by Crippen LogP contribution is -2.39. The van der Waals surface area contributed by atoms with Crippen molar-refractivity contribution in [1.82, 2.24) is 10.2 Å². The van der Waals surface area contributed by atoms with Crippen molar-refractivity contribution in [3.63, 3.8) is 0 Å². The van der Waals surface area contributed by atoms with Gasteiger partial charge < -0.3 is 15.1 Å². The molecule has 1 saturated carbocycles. The Morgan fingerprint density at radius 1 is 1.15 bits per heavy atom. The summed E-state index contributed by atoms with van der Waals surface area (Å²) in [6.45, 7) is 0.962. The highest BCUT2D eigenvalue weighted by Crippen LogP contribution is 2.25. The second kappa shape index (κ2) is 8.67. The van der Waals surface area contributed by atoms with Crippen molar-refractivity contribution in [2.75, 3.05) is 18.9 Å². The van der Waals surface area contributed by atoms with E-state index in [9.17, 15) is 9.59 Å². The minimum absolute atomic E-state index is 0.0591. The fourth-order valence-corrected chi connectivity index (χ4v) is 3.42. The maximum atomic E-state index is 12.5. The van der Waals surface area contributed by atoms with Crippen molar-refractivity contribution in [2.45, 2.75) is 38.3 Å². The minimum atomic E-state index is -0.145. The van der Waals surface area contributed by atoms with Gasteiger partial charge in [-0.3, -0.25) is 14.5 Å². The van der Waals surface area contributed by atoms with E-state index in [2.05, 4.69) is 15.5 Å². The number of nitrogens with one attached hydrogen (secondary N) is 2. The van der Waals surface area contributed by atoms with Gasteiger partial charge in [0.2, 0.25) is 5.91 Å². The molecular formula is C20H25N3O3. The Morgan fingerprint density at radius 2 is 1.88 bits per heavy atom. The normalized spacial score (nSPS) is 14.5. The smallest absolute Gasteiger partial charge is 0.251 e. The first-order valence-corrected chi connectivity index (χ1v) is 9.04. The van der Waals surface area contributed by atoms with Crippen molar-refractivity contribution in [3.8, 4) is 0 Å². The average molecular weight is 355 g/mol. The Labute approximate surface area is 153 Å². The number of amides is 2. The quantitative estimate of drug-likeness (QED) is 0.801. The average Bonchev–Trinajstić information content (AvgIpc) is 3.35. The molecule has 0 atom stereocenters. The number of rotatable bonds is 7. The minimum Gasteiger partial charge on any atom is -0.468 e. The lowest BCUT2D eigenvalue weighted by atomic mass is 10.2. The number of carbonyl (C=O) groups excluding carboxylic acids is 2. The van der Waals surface area contributed by atoms with Crippen LogP contribution in [0.1, 0.15) is 41.8 Å². The number of carbonyl (C=O) groups is 2. The summed E-state index contributed by atoms with van der Waals surface area (Å²) in [5.41, 5.74) is 1.25. The van der Waals surface area contributed by atoms with Crippen molar-refractivity contribution >= 4 is 17.5 Å². The van der Waals surface area contributed by atoms with Crippen LogP contribution in [0.15, 0.2) is 47.1 Å². The van der Waals surface area contributed by atoms with Crippen LogP contribution in [0.3, 0.4) is 0 Å². The van der Waals surface area contributed by atoms with Crippen LogP contribution in [0.2, 0.25) is 0 Å². The molecule has 1 fully saturated rings. The molecule has 0 aliphatic heterocycles. The Balaban J connectivity index is 1.60. The predicted molar refractivity (Wildman–Crippen MR) is 99.8 cm³/mol. The number of nitrogens with zero attached hydrogens (tertiary/aromatic N) is 1. The number of furan rings is 1. The van der Waals surface area contributed by atoms with Crippen LogP contribution in [-0.2, 0) is 11.3 Å². The van der Waals surface area contributed by atoms with E-state index < -0.39 is 0 Å². The summed E-state index contributed by atoms with van der Waals surface area (Å²) in [5.74, 6) is 0.671. The largest absolute Gasteiger partial charge is 0.468 e. The molecule has 1 aromatic heterocycles. The topological polar surface area (TPSA) is 74.6 Å². The van der Waals surface area contributed by atoms with E-state index in [1.807, 2.05) is 12.1 Å². The molecule has 2 N–H and O–H groups in total. The summed E-state index contributed by atoms with van der Waals surface area (Å²) >= 11 is 0. The zero-order valence-electron chi connectivity index (χ0n) is 15.0. The summed E-state index contributed by atoms with van der Waals surface area (Å²) in [6, 6.07) is 11.1. The van der Waals surface area contributed by atoms with Crippen LogP contribution in [0, 0.1) is 0 Å². The van der Waals surface area contributed by atoms with Gasteiger partial charge in [-0.05, 0) is 49.2 Å². The summed E-state index contributed by atoms with van der Waals surface area (Å²) < 4.78 is 5.46. The number of hydrogen-bond donors (Lipinski definition) is 2. The molecule has 6 nitrogen and oxygen atoms in total. The van der Waals surface area contributed by atoms with Crippen LogP contribution in [0.5, 0.6) is 0 Å². The van der Waals surface area contributed by atoms with Gasteiger partial charge in [-0.25, -0.2) is 0 Å². The third-order valence-corrected chi connectivity index (χ3v) is 4.78. The molecule has 1 aliphatic carbocycles. The molecule has 26 heavy (non-hydrogen) atoms. The molecule has 2 aromatic rings. The lowest BCUT2D eigenvalue weighted by Gasteiger charge is -2.27. The summed E-state index contributed by atoms with van der Waals surface area (Å²) in [5, 5.41) is 5.49. The van der Waals surface area contributed by atoms with E-state index in [1.54, 1.807) is 37.6 Å². The van der Waals surface area contributed by atoms with Crippen molar-refractivity contribution in [3.05, 3.63) is 54.0 Å². The molecule has 0 radical (unpaired) electrons. The lowest BCUT2D eigenvalue weighted by molar-refractivity contribution is -0.118. The van der Waals surface area contributed by atoms with Gasteiger partial charge in [-0.15, -0.1) is 0 Å². The van der Waals surface area contributed by atoms with E-state index in [1.165, 1.54) is 12.8 Å². The predicted octanol–water partition coefficient (Wildman–Crippen LogP) is 3.02. The van der Waals surface area contributed by atoms with E-state index in [-0.39, 0.29) is 11.8 Å². The van der Waals surface area contributed by atoms with E-state index in [4.69, 9.17) is 4.42 Å². The zero-order valence-corrected chi connectivity index (χ0v) is 15.0. The summed E-state index contributed by atoms with van der Waals surface area (Å²) in [6.07, 6.45) is 6.32. The first kappa shape index (κ1) is 18.2. The summed E-state index contributed by atoms with van der Waals surface area (Å²) in [7, 11) is 1.59. The number of hydrogen-bond acceptors (Lipinski definition) is 4. The first-order valence-electron chi connectivity index (χ1n) is 9.04. The second-order valence-electron chi connectivity index (χ2n) is 6.63. The zero-order chi connectivity index (χ0) is 18.4. The Morgan fingerprint density at radius 3 is 2.50 bits per heavy atom. The highest BCUT2D eigenvalue weighted by Gasteiger charge is 2.25. The second-order valence-corrected chi connectivity index (χ2v) is 6.63. The third-order valence-electron chi connectivity index (χ3n) is 4.78. The van der Waals surface area contributed by atoms with Gasteiger partial charge in [0, 0.05) is 24.3 Å². The van der Waals surface area contributed by atoms with Gasteiger partial charge >= 0.3 is 0 Å². The van der Waals surface area contributed by atoms with Crippen molar-refractivity contribution in [2.24, 2.45) is 0 Å². The molecule has 1 aromatic carbocycles. The fraction of sp³-hybridized carbons (Fsp3) is 0.400. The number of anilines is 1. The molecule has 3 rings (SSSR count).